The van der Waals surface area contributed by atoms with Gasteiger partial charge in [0.1, 0.15) is 24.0 Å². The predicted molar refractivity (Wildman–Crippen MR) is 106 cm³/mol. The molecule has 0 heterocycles. The number of anilines is 2. The number of benzene rings is 2. The van der Waals surface area contributed by atoms with E-state index in [9.17, 15) is 14.9 Å². The molecule has 0 aliphatic carbocycles. The highest BCUT2D eigenvalue weighted by molar-refractivity contribution is 5.96. The van der Waals surface area contributed by atoms with Gasteiger partial charge < -0.3 is 20.1 Å². The van der Waals surface area contributed by atoms with Gasteiger partial charge in [0.05, 0.1) is 0 Å². The number of carbonyl (C=O) groups excluding carboxylic acids is 2. The van der Waals surface area contributed by atoms with Crippen LogP contribution in [0.3, 0.4) is 0 Å². The van der Waals surface area contributed by atoms with Crippen LogP contribution in [0.4, 0.5) is 11.4 Å². The minimum atomic E-state index is -1.27. The summed E-state index contributed by atoms with van der Waals surface area (Å²) in [6, 6.07) is 17.2. The third-order valence-electron chi connectivity index (χ3n) is 3.36. The van der Waals surface area contributed by atoms with E-state index >= 15 is 0 Å². The third-order valence-corrected chi connectivity index (χ3v) is 3.36. The molecular weight excluding hydrogens is 358 g/mol. The molecule has 0 bridgehead atoms. The number of nitriles is 1. The number of rotatable bonds is 7. The summed E-state index contributed by atoms with van der Waals surface area (Å²) in [7, 11) is 0. The van der Waals surface area contributed by atoms with Crippen molar-refractivity contribution in [1.29, 1.82) is 5.26 Å². The van der Waals surface area contributed by atoms with E-state index in [-0.39, 0.29) is 12.5 Å². The Labute approximate surface area is 164 Å². The Kier molecular flexibility index (Phi) is 6.99. The smallest absolute Gasteiger partial charge is 0.325 e. The first kappa shape index (κ1) is 20.8. The van der Waals surface area contributed by atoms with Crippen molar-refractivity contribution in [2.75, 3.05) is 17.2 Å². The molecule has 1 atom stereocenters. The van der Waals surface area contributed by atoms with E-state index in [0.29, 0.717) is 17.1 Å². The molecule has 1 unspecified atom stereocenters. The number of nitrogens with one attached hydrogen (secondary N) is 2. The van der Waals surface area contributed by atoms with Gasteiger partial charge in [0.2, 0.25) is 0 Å². The Hall–Kier alpha value is -3.53. The van der Waals surface area contributed by atoms with Gasteiger partial charge in [0.15, 0.2) is 0 Å². The van der Waals surface area contributed by atoms with E-state index in [1.165, 1.54) is 0 Å². The minimum Gasteiger partial charge on any atom is -0.466 e. The van der Waals surface area contributed by atoms with Gasteiger partial charge in [-0.15, -0.1) is 0 Å². The normalized spacial score (nSPS) is 11.6. The molecule has 0 radical (unpaired) electrons. The molecule has 0 saturated carbocycles. The minimum absolute atomic E-state index is 0.0321. The van der Waals surface area contributed by atoms with Gasteiger partial charge in [-0.1, -0.05) is 18.2 Å². The first-order chi connectivity index (χ1) is 13.3. The highest BCUT2D eigenvalue weighted by atomic mass is 16.6. The molecule has 7 nitrogen and oxygen atoms in total. The van der Waals surface area contributed by atoms with E-state index in [1.807, 2.05) is 12.1 Å². The first-order valence-electron chi connectivity index (χ1n) is 8.75. The molecule has 146 valence electrons. The molecule has 28 heavy (non-hydrogen) atoms. The van der Waals surface area contributed by atoms with Gasteiger partial charge in [-0.3, -0.25) is 9.59 Å². The lowest BCUT2D eigenvalue weighted by Gasteiger charge is -2.19. The number of amides is 1. The van der Waals surface area contributed by atoms with E-state index < -0.39 is 17.6 Å². The fourth-order valence-corrected chi connectivity index (χ4v) is 2.20. The summed E-state index contributed by atoms with van der Waals surface area (Å²) >= 11 is 0. The summed E-state index contributed by atoms with van der Waals surface area (Å²) in [6.45, 7) is 5.44. The van der Waals surface area contributed by atoms with Crippen molar-refractivity contribution in [3.05, 3.63) is 54.6 Å². The zero-order chi connectivity index (χ0) is 20.6. The highest BCUT2D eigenvalue weighted by Gasteiger charge is 2.20. The van der Waals surface area contributed by atoms with Crippen LogP contribution in [0.5, 0.6) is 5.75 Å². The zero-order valence-electron chi connectivity index (χ0n) is 16.1. The predicted octanol–water partition coefficient (Wildman–Crippen LogP) is 3.35. The second-order valence-electron chi connectivity index (χ2n) is 6.95. The van der Waals surface area contributed by atoms with Gasteiger partial charge in [-0.05, 0) is 57.2 Å². The quantitative estimate of drug-likeness (QED) is 0.714. The lowest BCUT2D eigenvalue weighted by atomic mass is 10.2. The van der Waals surface area contributed by atoms with Crippen LogP contribution >= 0.6 is 0 Å². The number of hydrogen-bond acceptors (Lipinski definition) is 6. The number of carbonyl (C=O) groups is 2. The molecule has 0 spiro atoms. The number of ether oxygens (including phenoxy) is 2. The fraction of sp³-hybridized carbons (Fsp3) is 0.286. The molecule has 7 heteroatoms. The summed E-state index contributed by atoms with van der Waals surface area (Å²) < 4.78 is 10.6. The van der Waals surface area contributed by atoms with Gasteiger partial charge >= 0.3 is 5.97 Å². The molecule has 0 aromatic heterocycles. The van der Waals surface area contributed by atoms with Crippen molar-refractivity contribution in [1.82, 2.24) is 0 Å². The van der Waals surface area contributed by atoms with E-state index in [4.69, 9.17) is 9.47 Å². The molecule has 0 aliphatic rings. The van der Waals surface area contributed by atoms with E-state index in [0.717, 1.165) is 0 Å². The average molecular weight is 381 g/mol. The lowest BCUT2D eigenvalue weighted by molar-refractivity contribution is -0.152. The Morgan fingerprint density at radius 3 is 2.21 bits per heavy atom. The van der Waals surface area contributed by atoms with Gasteiger partial charge in [0, 0.05) is 11.4 Å². The number of hydrogen-bond donors (Lipinski definition) is 2. The standard InChI is InChI=1S/C21H23N3O4/c1-21(2,3)28-19(25)14-23-15-9-11-16(12-10-15)24-20(26)18(13-22)27-17-7-5-4-6-8-17/h4-12,18,23H,14H2,1-3H3,(H,24,26). The maximum Gasteiger partial charge on any atom is 0.325 e. The van der Waals surface area contributed by atoms with E-state index in [2.05, 4.69) is 10.6 Å². The average Bonchev–Trinajstić information content (AvgIpc) is 2.65. The summed E-state index contributed by atoms with van der Waals surface area (Å²) in [6.07, 6.45) is -1.27. The van der Waals surface area contributed by atoms with Crippen molar-refractivity contribution < 1.29 is 19.1 Å². The zero-order valence-corrected chi connectivity index (χ0v) is 16.1. The van der Waals surface area contributed by atoms with Crippen LogP contribution in [-0.4, -0.2) is 30.1 Å². The second kappa shape index (κ2) is 9.42. The van der Waals surface area contributed by atoms with Crippen molar-refractivity contribution in [2.45, 2.75) is 32.5 Å². The Morgan fingerprint density at radius 2 is 1.64 bits per heavy atom. The summed E-state index contributed by atoms with van der Waals surface area (Å²) in [5.74, 6) is -0.494. The van der Waals surface area contributed by atoms with Crippen molar-refractivity contribution in [3.63, 3.8) is 0 Å². The Balaban J connectivity index is 1.88. The van der Waals surface area contributed by atoms with Crippen LogP contribution in [0.15, 0.2) is 54.6 Å². The molecule has 0 aliphatic heterocycles. The number of para-hydroxylation sites is 1. The van der Waals surface area contributed by atoms with Crippen LogP contribution in [0.25, 0.3) is 0 Å². The van der Waals surface area contributed by atoms with Gasteiger partial charge in [-0.2, -0.15) is 5.26 Å². The van der Waals surface area contributed by atoms with Crippen LogP contribution in [-0.2, 0) is 14.3 Å². The second-order valence-corrected chi connectivity index (χ2v) is 6.95. The molecule has 0 fully saturated rings. The molecule has 2 aromatic carbocycles. The summed E-state index contributed by atoms with van der Waals surface area (Å²) in [5.41, 5.74) is 0.664. The Morgan fingerprint density at radius 1 is 1.04 bits per heavy atom. The molecule has 2 aromatic rings. The first-order valence-corrected chi connectivity index (χ1v) is 8.75. The third kappa shape index (κ3) is 7.00. The van der Waals surface area contributed by atoms with Crippen LogP contribution in [0.2, 0.25) is 0 Å². The number of nitrogens with zero attached hydrogens (tertiary/aromatic N) is 1. The summed E-state index contributed by atoms with van der Waals surface area (Å²) in [4.78, 5) is 24.0. The molecule has 2 N–H and O–H groups in total. The fourth-order valence-electron chi connectivity index (χ4n) is 2.20. The molecule has 1 amide bonds. The van der Waals surface area contributed by atoms with Crippen molar-refractivity contribution in [2.24, 2.45) is 0 Å². The van der Waals surface area contributed by atoms with E-state index in [1.54, 1.807) is 69.3 Å². The highest BCUT2D eigenvalue weighted by Crippen LogP contribution is 2.16. The number of esters is 1. The van der Waals surface area contributed by atoms with Crippen LogP contribution < -0.4 is 15.4 Å². The summed E-state index contributed by atoms with van der Waals surface area (Å²) in [5, 5.41) is 14.8. The molecule has 2 rings (SSSR count). The monoisotopic (exact) mass is 381 g/mol. The Bertz CT molecular complexity index is 837. The SMILES string of the molecule is CC(C)(C)OC(=O)CNc1ccc(NC(=O)C(C#N)Oc2ccccc2)cc1. The lowest BCUT2D eigenvalue weighted by Crippen LogP contribution is -2.31. The van der Waals surface area contributed by atoms with Gasteiger partial charge in [0.25, 0.3) is 12.0 Å². The topological polar surface area (TPSA) is 100 Å². The molecule has 0 saturated heterocycles. The van der Waals surface area contributed by atoms with Crippen molar-refractivity contribution in [3.8, 4) is 11.8 Å². The molecular formula is C21H23N3O4. The largest absolute Gasteiger partial charge is 0.466 e. The van der Waals surface area contributed by atoms with Crippen molar-refractivity contribution >= 4 is 23.3 Å². The maximum absolute atomic E-state index is 12.2. The van der Waals surface area contributed by atoms with Crippen LogP contribution in [0.1, 0.15) is 20.8 Å². The van der Waals surface area contributed by atoms with Crippen LogP contribution in [0, 0.1) is 11.3 Å². The maximum atomic E-state index is 12.2. The van der Waals surface area contributed by atoms with Gasteiger partial charge in [-0.25, -0.2) is 0 Å².